The Hall–Kier alpha value is -3.08. The summed E-state index contributed by atoms with van der Waals surface area (Å²) in [6.07, 6.45) is 3.25. The Bertz CT molecular complexity index is 1550. The van der Waals surface area contributed by atoms with Crippen LogP contribution in [0.5, 0.6) is 0 Å². The number of nitrogens with zero attached hydrogens (tertiary/aromatic N) is 8. The van der Waals surface area contributed by atoms with E-state index < -0.39 is 47.5 Å². The molecule has 2 unspecified atom stereocenters. The van der Waals surface area contributed by atoms with E-state index in [1.165, 1.54) is 19.0 Å². The highest BCUT2D eigenvalue weighted by Gasteiger charge is 2.40. The van der Waals surface area contributed by atoms with E-state index in [0.717, 1.165) is 0 Å². The molecule has 0 aliphatic carbocycles. The monoisotopic (exact) mass is 582 g/mol. The average molecular weight is 582 g/mol. The number of rotatable bonds is 9. The van der Waals surface area contributed by atoms with Crippen molar-refractivity contribution < 1.29 is 37.1 Å². The minimum Gasteiger partial charge on any atom is -0.382 e. The van der Waals surface area contributed by atoms with Crippen LogP contribution >= 0.6 is 16.5 Å². The highest BCUT2D eigenvalue weighted by atomic mass is 31.1. The molecule has 7 atom stereocenters. The zero-order valence-corrected chi connectivity index (χ0v) is 22.1. The maximum absolute atomic E-state index is 13.0. The number of hydrogen-bond acceptors (Lipinski definition) is 15. The number of nitrogens with two attached hydrogens (primary N) is 2. The van der Waals surface area contributed by atoms with Crippen LogP contribution in [0.15, 0.2) is 25.3 Å². The molecule has 0 amide bonds. The second-order valence-corrected chi connectivity index (χ2v) is 10.5. The van der Waals surface area contributed by atoms with Gasteiger partial charge in [0.25, 0.3) is 0 Å². The van der Waals surface area contributed by atoms with Crippen molar-refractivity contribution in [2.45, 2.75) is 50.2 Å². The molecule has 0 aromatic carbocycles. The van der Waals surface area contributed by atoms with E-state index in [1.807, 2.05) is 0 Å². The summed E-state index contributed by atoms with van der Waals surface area (Å²) in [6.45, 7) is -0.170. The molecular formula is C19H24N10O8P2. The average Bonchev–Trinajstić information content (AvgIpc) is 3.69. The lowest BCUT2D eigenvalue weighted by Crippen LogP contribution is -2.21. The molecule has 4 aromatic heterocycles. The molecule has 2 aliphatic heterocycles. The first-order chi connectivity index (χ1) is 18.9. The van der Waals surface area contributed by atoms with Crippen LogP contribution in [0.3, 0.4) is 0 Å². The van der Waals surface area contributed by atoms with E-state index in [9.17, 15) is 9.13 Å². The Morgan fingerprint density at radius 1 is 0.923 bits per heavy atom. The number of imidazole rings is 2. The quantitative estimate of drug-likeness (QED) is 0.233. The van der Waals surface area contributed by atoms with Crippen LogP contribution in [0.2, 0.25) is 0 Å². The van der Waals surface area contributed by atoms with Crippen molar-refractivity contribution in [2.24, 2.45) is 0 Å². The minimum atomic E-state index is -3.17. The Balaban J connectivity index is 1.14. The van der Waals surface area contributed by atoms with Crippen LogP contribution in [0, 0.1) is 0 Å². The van der Waals surface area contributed by atoms with E-state index in [4.69, 9.17) is 39.4 Å². The number of aromatic nitrogens is 8. The molecular weight excluding hydrogens is 558 g/mol. The number of nitrogen functional groups attached to an aromatic ring is 2. The molecule has 18 nitrogen and oxygen atoms in total. The van der Waals surface area contributed by atoms with Gasteiger partial charge in [-0.15, -0.1) is 0 Å². The normalized spacial score (nSPS) is 26.9. The van der Waals surface area contributed by atoms with E-state index in [2.05, 4.69) is 29.9 Å². The summed E-state index contributed by atoms with van der Waals surface area (Å²) in [4.78, 5) is 33.8. The minimum absolute atomic E-state index is 0.170. The predicted molar refractivity (Wildman–Crippen MR) is 133 cm³/mol. The fourth-order valence-corrected chi connectivity index (χ4v) is 5.85. The number of ether oxygens (including phenoxy) is 2. The molecule has 5 N–H and O–H groups in total. The third-order valence-electron chi connectivity index (χ3n) is 6.33. The molecule has 2 aliphatic rings. The molecule has 2 saturated heterocycles. The first kappa shape index (κ1) is 26.2. The van der Waals surface area contributed by atoms with Gasteiger partial charge in [0.2, 0.25) is 0 Å². The zero-order valence-electron chi connectivity index (χ0n) is 20.1. The number of hydrogen-bond donors (Lipinski definition) is 3. The second-order valence-electron chi connectivity index (χ2n) is 8.75. The second kappa shape index (κ2) is 10.8. The first-order valence-corrected chi connectivity index (χ1v) is 14.3. The van der Waals surface area contributed by atoms with Gasteiger partial charge >= 0.3 is 16.5 Å². The fourth-order valence-electron chi connectivity index (χ4n) is 4.62. The summed E-state index contributed by atoms with van der Waals surface area (Å²) in [5, 5.41) is 0. The summed E-state index contributed by atoms with van der Waals surface area (Å²) in [6, 6.07) is 0. The third kappa shape index (κ3) is 5.25. The lowest BCUT2D eigenvalue weighted by molar-refractivity contribution is -0.102. The molecule has 20 heteroatoms. The van der Waals surface area contributed by atoms with Gasteiger partial charge in [-0.05, 0) is 6.42 Å². The van der Waals surface area contributed by atoms with Crippen LogP contribution < -0.4 is 11.5 Å². The molecule has 0 spiro atoms. The smallest absolute Gasteiger partial charge is 0.321 e. The molecule has 0 radical (unpaired) electrons. The van der Waals surface area contributed by atoms with Crippen molar-refractivity contribution >= 4 is 50.5 Å². The topological polar surface area (TPSA) is 240 Å². The van der Waals surface area contributed by atoms with Gasteiger partial charge in [0.1, 0.15) is 36.0 Å². The summed E-state index contributed by atoms with van der Waals surface area (Å²) in [7, 11) is -6.27. The van der Waals surface area contributed by atoms with Crippen molar-refractivity contribution in [3.8, 4) is 0 Å². The Morgan fingerprint density at radius 3 is 2.28 bits per heavy atom. The van der Waals surface area contributed by atoms with E-state index in [-0.39, 0.29) is 24.7 Å². The molecule has 4 aromatic rings. The summed E-state index contributed by atoms with van der Waals surface area (Å²) in [5.74, 6) is 0.434. The van der Waals surface area contributed by atoms with Crippen molar-refractivity contribution in [1.29, 1.82) is 0 Å². The Morgan fingerprint density at radius 2 is 1.59 bits per heavy atom. The standard InChI is InChI=1S/C19H24N10O8P2/c20-15-13-17(24-5-22-15)28(7-26-13)11-1-2-12(35-11)37-39(32)36-10-3-9(4-33-38(30)31)34-19(10)29-8-27-14-16(21)23-6-25-18(14)29/h5-12,19,38-39H,1-4H2,(H,30,31)(H2,20,22,24)(H2,21,23,25)/t9-,10+,11+,12+,19+/m0/s1. The van der Waals surface area contributed by atoms with E-state index in [1.54, 1.807) is 15.5 Å². The van der Waals surface area contributed by atoms with E-state index >= 15 is 0 Å². The lowest BCUT2D eigenvalue weighted by Gasteiger charge is -2.21. The third-order valence-corrected chi connectivity index (χ3v) is 7.69. The lowest BCUT2D eigenvalue weighted by atomic mass is 10.2. The van der Waals surface area contributed by atoms with Crippen LogP contribution in [0.4, 0.5) is 11.6 Å². The summed E-state index contributed by atoms with van der Waals surface area (Å²) >= 11 is 0. The van der Waals surface area contributed by atoms with Gasteiger partial charge in [-0.25, -0.2) is 29.9 Å². The summed E-state index contributed by atoms with van der Waals surface area (Å²) < 4.78 is 55.5. The first-order valence-electron chi connectivity index (χ1n) is 11.8. The molecule has 2 fully saturated rings. The Kier molecular flexibility index (Phi) is 7.26. The maximum Gasteiger partial charge on any atom is 0.321 e. The van der Waals surface area contributed by atoms with Crippen molar-refractivity contribution in [1.82, 2.24) is 39.0 Å². The molecule has 6 heterocycles. The van der Waals surface area contributed by atoms with Gasteiger partial charge in [0, 0.05) is 12.8 Å². The molecule has 0 bridgehead atoms. The predicted octanol–water partition coefficient (Wildman–Crippen LogP) is 0.943. The van der Waals surface area contributed by atoms with Crippen LogP contribution in [-0.2, 0) is 32.2 Å². The molecule has 0 saturated carbocycles. The highest BCUT2D eigenvalue weighted by Crippen LogP contribution is 2.43. The summed E-state index contributed by atoms with van der Waals surface area (Å²) in [5.41, 5.74) is 13.4. The zero-order chi connectivity index (χ0) is 27.1. The van der Waals surface area contributed by atoms with Crippen molar-refractivity contribution in [3.05, 3.63) is 25.3 Å². The van der Waals surface area contributed by atoms with Gasteiger partial charge in [-0.2, -0.15) is 0 Å². The van der Waals surface area contributed by atoms with Crippen LogP contribution in [0.1, 0.15) is 31.7 Å². The van der Waals surface area contributed by atoms with Gasteiger partial charge < -0.3 is 34.9 Å². The van der Waals surface area contributed by atoms with E-state index in [0.29, 0.717) is 35.2 Å². The molecule has 6 rings (SSSR count). The Labute approximate surface area is 220 Å². The van der Waals surface area contributed by atoms with Crippen molar-refractivity contribution in [2.75, 3.05) is 18.1 Å². The number of fused-ring (bicyclic) bond motifs is 2. The van der Waals surface area contributed by atoms with Crippen molar-refractivity contribution in [3.63, 3.8) is 0 Å². The fraction of sp³-hybridized carbons (Fsp3) is 0.474. The van der Waals surface area contributed by atoms with Gasteiger partial charge in [0.15, 0.2) is 35.4 Å². The largest absolute Gasteiger partial charge is 0.382 e. The van der Waals surface area contributed by atoms with Gasteiger partial charge in [0.05, 0.1) is 25.4 Å². The highest BCUT2D eigenvalue weighted by molar-refractivity contribution is 7.33. The SMILES string of the molecule is Nc1ncnc2c1ncn2[C@@H]1O[C@H](CO[PH](=O)O)C[C@H]1O[PH](=O)O[C@@H]1CC[C@H](n2cnc3c(N)ncnc32)O1. The van der Waals surface area contributed by atoms with Gasteiger partial charge in [-0.3, -0.25) is 22.8 Å². The number of anilines is 2. The molecule has 208 valence electrons. The van der Waals surface area contributed by atoms with Crippen LogP contribution in [-0.4, -0.2) is 69.0 Å². The maximum atomic E-state index is 13.0. The molecule has 39 heavy (non-hydrogen) atoms. The van der Waals surface area contributed by atoms with Gasteiger partial charge in [-0.1, -0.05) is 0 Å². The van der Waals surface area contributed by atoms with Crippen LogP contribution in [0.25, 0.3) is 22.3 Å².